The molecule has 0 saturated carbocycles. The fourth-order valence-electron chi connectivity index (χ4n) is 3.06. The Labute approximate surface area is 174 Å². The van der Waals surface area contributed by atoms with Crippen LogP contribution in [0.1, 0.15) is 11.1 Å². The summed E-state index contributed by atoms with van der Waals surface area (Å²) in [7, 11) is 1.48. The van der Waals surface area contributed by atoms with Crippen molar-refractivity contribution < 1.29 is 14.3 Å². The molecule has 3 aromatic rings. The maximum Gasteiger partial charge on any atom is 0.261 e. The van der Waals surface area contributed by atoms with Crippen LogP contribution in [0.4, 0.5) is 0 Å². The first-order chi connectivity index (χ1) is 14.7. The fourth-order valence-corrected chi connectivity index (χ4v) is 3.06. The van der Waals surface area contributed by atoms with Gasteiger partial charge in [-0.2, -0.15) is 10.5 Å². The highest BCUT2D eigenvalue weighted by molar-refractivity contribution is 6.01. The predicted octanol–water partition coefficient (Wildman–Crippen LogP) is 3.34. The summed E-state index contributed by atoms with van der Waals surface area (Å²) in [4.78, 5) is 15.6. The van der Waals surface area contributed by atoms with Crippen LogP contribution in [-0.4, -0.2) is 31.2 Å². The molecule has 0 saturated heterocycles. The number of para-hydroxylation sites is 1. The Hall–Kier alpha value is -4.23. The van der Waals surface area contributed by atoms with Gasteiger partial charge in [-0.1, -0.05) is 24.3 Å². The topological polar surface area (TPSA) is 111 Å². The fraction of sp³-hybridized carbons (Fsp3) is 0.174. The number of aromatic amines is 1. The third-order valence-electron chi connectivity index (χ3n) is 4.51. The molecule has 0 aliphatic carbocycles. The van der Waals surface area contributed by atoms with Crippen molar-refractivity contribution in [3.05, 3.63) is 65.4 Å². The van der Waals surface area contributed by atoms with E-state index in [0.717, 1.165) is 16.5 Å². The summed E-state index contributed by atoms with van der Waals surface area (Å²) in [5, 5.41) is 21.9. The second-order valence-corrected chi connectivity index (χ2v) is 6.39. The van der Waals surface area contributed by atoms with Crippen molar-refractivity contribution in [1.29, 1.82) is 10.5 Å². The van der Waals surface area contributed by atoms with Crippen LogP contribution >= 0.6 is 0 Å². The third-order valence-corrected chi connectivity index (χ3v) is 4.51. The first-order valence-corrected chi connectivity index (χ1v) is 9.29. The molecule has 0 spiro atoms. The lowest BCUT2D eigenvalue weighted by atomic mass is 10.1. The summed E-state index contributed by atoms with van der Waals surface area (Å²) in [5.74, 6) is 0.384. The number of hydrogen-bond donors (Lipinski definition) is 2. The van der Waals surface area contributed by atoms with E-state index in [-0.39, 0.29) is 12.2 Å². The molecule has 2 aromatic carbocycles. The molecule has 0 radical (unpaired) electrons. The summed E-state index contributed by atoms with van der Waals surface area (Å²) in [5.41, 5.74) is 2.75. The molecular weight excluding hydrogens is 380 g/mol. The van der Waals surface area contributed by atoms with Crippen LogP contribution in [0, 0.1) is 22.7 Å². The van der Waals surface area contributed by atoms with Gasteiger partial charge < -0.3 is 19.8 Å². The molecule has 7 nitrogen and oxygen atoms in total. The minimum Gasteiger partial charge on any atom is -0.493 e. The van der Waals surface area contributed by atoms with E-state index in [0.29, 0.717) is 30.0 Å². The lowest BCUT2D eigenvalue weighted by Crippen LogP contribution is -2.26. The van der Waals surface area contributed by atoms with Gasteiger partial charge in [-0.25, -0.2) is 0 Å². The number of nitrogens with one attached hydrogen (secondary N) is 2. The molecule has 0 unspecified atom stereocenters. The van der Waals surface area contributed by atoms with Gasteiger partial charge in [-0.05, 0) is 41.8 Å². The Morgan fingerprint density at radius 1 is 1.20 bits per heavy atom. The maximum atomic E-state index is 12.4. The number of nitriles is 2. The number of ether oxygens (including phenoxy) is 2. The van der Waals surface area contributed by atoms with E-state index in [9.17, 15) is 10.1 Å². The van der Waals surface area contributed by atoms with Crippen molar-refractivity contribution in [1.82, 2.24) is 10.3 Å². The molecule has 0 fully saturated rings. The zero-order valence-corrected chi connectivity index (χ0v) is 16.4. The predicted molar refractivity (Wildman–Crippen MR) is 113 cm³/mol. The van der Waals surface area contributed by atoms with Gasteiger partial charge in [0, 0.05) is 23.6 Å². The number of carbonyl (C=O) groups excluding carboxylic acids is 1. The van der Waals surface area contributed by atoms with Crippen LogP contribution in [0.5, 0.6) is 11.5 Å². The summed E-state index contributed by atoms with van der Waals surface area (Å²) in [6.45, 7) is 0.303. The van der Waals surface area contributed by atoms with Crippen LogP contribution in [0.25, 0.3) is 17.0 Å². The average molecular weight is 400 g/mol. The molecule has 0 atom stereocenters. The maximum absolute atomic E-state index is 12.4. The third kappa shape index (κ3) is 4.78. The number of hydrogen-bond acceptors (Lipinski definition) is 5. The van der Waals surface area contributed by atoms with Gasteiger partial charge >= 0.3 is 0 Å². The van der Waals surface area contributed by atoms with Crippen molar-refractivity contribution in [2.75, 3.05) is 20.3 Å². The Bertz CT molecular complexity index is 1170. The quantitative estimate of drug-likeness (QED) is 0.445. The number of aromatic nitrogens is 1. The monoisotopic (exact) mass is 400 g/mol. The largest absolute Gasteiger partial charge is 0.493 e. The van der Waals surface area contributed by atoms with E-state index in [1.165, 1.54) is 13.2 Å². The molecule has 7 heteroatoms. The number of rotatable bonds is 8. The first kappa shape index (κ1) is 20.5. The van der Waals surface area contributed by atoms with E-state index in [1.54, 1.807) is 18.2 Å². The number of nitrogens with zero attached hydrogens (tertiary/aromatic N) is 2. The van der Waals surface area contributed by atoms with Crippen LogP contribution in [0.2, 0.25) is 0 Å². The van der Waals surface area contributed by atoms with Crippen molar-refractivity contribution in [3.8, 4) is 23.6 Å². The summed E-state index contributed by atoms with van der Waals surface area (Å²) >= 11 is 0. The lowest BCUT2D eigenvalue weighted by molar-refractivity contribution is -0.117. The molecule has 1 aromatic heterocycles. The number of amides is 1. The minimum atomic E-state index is -0.443. The van der Waals surface area contributed by atoms with Gasteiger partial charge in [0.15, 0.2) is 18.1 Å². The van der Waals surface area contributed by atoms with Gasteiger partial charge in [-0.3, -0.25) is 4.79 Å². The van der Waals surface area contributed by atoms with E-state index >= 15 is 0 Å². The molecule has 2 N–H and O–H groups in total. The number of carbonyl (C=O) groups is 1. The molecule has 1 heterocycles. The normalized spacial score (nSPS) is 10.8. The van der Waals surface area contributed by atoms with Crippen LogP contribution < -0.4 is 14.8 Å². The van der Waals surface area contributed by atoms with E-state index in [1.807, 2.05) is 42.6 Å². The zero-order chi connectivity index (χ0) is 21.3. The van der Waals surface area contributed by atoms with Crippen molar-refractivity contribution in [2.45, 2.75) is 6.42 Å². The Kier molecular flexibility index (Phi) is 6.70. The Morgan fingerprint density at radius 3 is 2.80 bits per heavy atom. The lowest BCUT2D eigenvalue weighted by Gasteiger charge is -2.09. The Morgan fingerprint density at radius 2 is 2.03 bits per heavy atom. The number of fused-ring (bicyclic) bond motifs is 1. The minimum absolute atomic E-state index is 0.0123. The molecule has 30 heavy (non-hydrogen) atoms. The summed E-state index contributed by atoms with van der Waals surface area (Å²) < 4.78 is 10.5. The van der Waals surface area contributed by atoms with Crippen molar-refractivity contribution in [3.63, 3.8) is 0 Å². The molecule has 150 valence electrons. The molecule has 1 amide bonds. The number of methoxy groups -OCH3 is 1. The summed E-state index contributed by atoms with van der Waals surface area (Å²) in [6, 6.07) is 16.8. The zero-order valence-electron chi connectivity index (χ0n) is 16.4. The number of H-pyrrole nitrogens is 1. The standard InChI is InChI=1S/C23H20N4O3/c1-29-22-13-16(6-7-21(22)30-11-9-24)12-18(14-25)23(28)26-10-8-17-15-27-20-5-3-2-4-19(17)20/h2-7,12-13,15,27H,8,10-11H2,1H3,(H,26,28)/b18-12-. The highest BCUT2D eigenvalue weighted by Crippen LogP contribution is 2.29. The van der Waals surface area contributed by atoms with E-state index < -0.39 is 5.91 Å². The molecule has 0 bridgehead atoms. The van der Waals surface area contributed by atoms with Gasteiger partial charge in [0.05, 0.1) is 7.11 Å². The van der Waals surface area contributed by atoms with Crippen molar-refractivity contribution >= 4 is 22.9 Å². The smallest absolute Gasteiger partial charge is 0.261 e. The van der Waals surface area contributed by atoms with E-state index in [4.69, 9.17) is 14.7 Å². The van der Waals surface area contributed by atoms with Gasteiger partial charge in [0.25, 0.3) is 5.91 Å². The second-order valence-electron chi connectivity index (χ2n) is 6.39. The molecule has 0 aliphatic heterocycles. The van der Waals surface area contributed by atoms with Crippen LogP contribution in [-0.2, 0) is 11.2 Å². The van der Waals surface area contributed by atoms with Crippen LogP contribution in [0.3, 0.4) is 0 Å². The highest BCUT2D eigenvalue weighted by Gasteiger charge is 2.11. The van der Waals surface area contributed by atoms with Crippen LogP contribution in [0.15, 0.2) is 54.2 Å². The summed E-state index contributed by atoms with van der Waals surface area (Å²) in [6.07, 6.45) is 4.06. The number of benzene rings is 2. The molecule has 0 aliphatic rings. The SMILES string of the molecule is COc1cc(/C=C(/C#N)C(=O)NCCc2c[nH]c3ccccc23)ccc1OCC#N. The van der Waals surface area contributed by atoms with E-state index in [2.05, 4.69) is 10.3 Å². The molecule has 3 rings (SSSR count). The first-order valence-electron chi connectivity index (χ1n) is 9.29. The van der Waals surface area contributed by atoms with Gasteiger partial charge in [0.1, 0.15) is 17.7 Å². The molecular formula is C23H20N4O3. The average Bonchev–Trinajstić information content (AvgIpc) is 3.19. The van der Waals surface area contributed by atoms with Gasteiger partial charge in [0.2, 0.25) is 0 Å². The van der Waals surface area contributed by atoms with Crippen molar-refractivity contribution in [2.24, 2.45) is 0 Å². The highest BCUT2D eigenvalue weighted by atomic mass is 16.5. The second kappa shape index (κ2) is 9.81. The Balaban J connectivity index is 1.66. The van der Waals surface area contributed by atoms with Gasteiger partial charge in [-0.15, -0.1) is 0 Å².